The highest BCUT2D eigenvalue weighted by molar-refractivity contribution is 6.36. The van der Waals surface area contributed by atoms with Crippen LogP contribution in [-0.2, 0) is 5.41 Å². The Morgan fingerprint density at radius 1 is 0.308 bits per heavy atom. The molecule has 0 fully saturated rings. The molecular formula is C63H43NO. The van der Waals surface area contributed by atoms with E-state index in [2.05, 4.69) is 237 Å². The van der Waals surface area contributed by atoms with Crippen molar-refractivity contribution < 1.29 is 4.42 Å². The molecule has 1 aliphatic carbocycles. The highest BCUT2D eigenvalue weighted by Crippen LogP contribution is 2.51. The highest BCUT2D eigenvalue weighted by atomic mass is 16.3. The molecule has 1 aromatic heterocycles. The van der Waals surface area contributed by atoms with Gasteiger partial charge in [-0.15, -0.1) is 0 Å². The van der Waals surface area contributed by atoms with Crippen LogP contribution < -0.4 is 4.90 Å². The van der Waals surface area contributed by atoms with E-state index in [4.69, 9.17) is 4.42 Å². The molecule has 0 bridgehead atoms. The van der Waals surface area contributed by atoms with Crippen LogP contribution in [0.4, 0.5) is 17.1 Å². The standard InChI is InChI=1S/C63H43NO/c1-63(2)56-27-10-8-21-49(56)50-34-33-47(39-57(50)63)64(45-19-12-17-43(37-45)42-31-29-41(30-32-42)40-15-4-3-5-16-40)46-20-13-18-44(38-46)48-25-14-26-52-54-35-36-59-62(55-24-9-11-28-58(55)65-59)61(54)53-23-7-6-22-51(53)60(48)52/h3-39H,1-2H3. The van der Waals surface area contributed by atoms with Crippen LogP contribution in [0.2, 0.25) is 0 Å². The summed E-state index contributed by atoms with van der Waals surface area (Å²) in [4.78, 5) is 2.45. The minimum atomic E-state index is -0.140. The molecule has 1 aliphatic rings. The van der Waals surface area contributed by atoms with Gasteiger partial charge in [0, 0.05) is 38.6 Å². The summed E-state index contributed by atoms with van der Waals surface area (Å²) in [7, 11) is 0. The van der Waals surface area contributed by atoms with E-state index in [1.165, 1.54) is 93.3 Å². The first-order valence-electron chi connectivity index (χ1n) is 22.6. The number of fused-ring (bicyclic) bond motifs is 13. The van der Waals surface area contributed by atoms with Gasteiger partial charge < -0.3 is 9.32 Å². The number of furan rings is 1. The quantitative estimate of drug-likeness (QED) is 0.155. The summed E-state index contributed by atoms with van der Waals surface area (Å²) in [5.74, 6) is 0. The van der Waals surface area contributed by atoms with E-state index in [-0.39, 0.29) is 5.41 Å². The van der Waals surface area contributed by atoms with Gasteiger partial charge in [0.15, 0.2) is 0 Å². The first-order valence-corrected chi connectivity index (χ1v) is 22.6. The zero-order chi connectivity index (χ0) is 43.2. The van der Waals surface area contributed by atoms with Crippen LogP contribution in [-0.4, -0.2) is 0 Å². The molecule has 1 heterocycles. The second kappa shape index (κ2) is 14.4. The molecule has 0 saturated heterocycles. The topological polar surface area (TPSA) is 16.4 Å². The zero-order valence-electron chi connectivity index (χ0n) is 36.2. The molecule has 0 atom stereocenters. The van der Waals surface area contributed by atoms with Crippen molar-refractivity contribution in [1.29, 1.82) is 0 Å². The van der Waals surface area contributed by atoms with Crippen LogP contribution in [0.15, 0.2) is 229 Å². The number of rotatable bonds is 6. The van der Waals surface area contributed by atoms with Crippen molar-refractivity contribution in [2.45, 2.75) is 19.3 Å². The van der Waals surface area contributed by atoms with Gasteiger partial charge in [0.2, 0.25) is 0 Å². The van der Waals surface area contributed by atoms with Crippen molar-refractivity contribution >= 4 is 71.3 Å². The molecule has 306 valence electrons. The van der Waals surface area contributed by atoms with E-state index in [0.717, 1.165) is 33.6 Å². The fourth-order valence-electron chi connectivity index (χ4n) is 10.9. The van der Waals surface area contributed by atoms with Crippen molar-refractivity contribution in [1.82, 2.24) is 0 Å². The van der Waals surface area contributed by atoms with Gasteiger partial charge >= 0.3 is 0 Å². The predicted octanol–water partition coefficient (Wildman–Crippen LogP) is 17.8. The SMILES string of the molecule is CC1(C)c2ccccc2-c2ccc(N(c3cccc(-c4ccc(-c5ccccc5)cc4)c3)c3cccc(-c4cccc5c6ccc7oc8ccccc8c7c6c6ccccc6c45)c3)cc21. The Labute approximate surface area is 378 Å². The summed E-state index contributed by atoms with van der Waals surface area (Å²) < 4.78 is 6.42. The number of hydrogen-bond acceptors (Lipinski definition) is 2. The molecule has 0 radical (unpaired) electrons. The summed E-state index contributed by atoms with van der Waals surface area (Å²) in [6, 6.07) is 82.2. The van der Waals surface area contributed by atoms with E-state index < -0.39 is 0 Å². The summed E-state index contributed by atoms with van der Waals surface area (Å²) in [5, 5.41) is 9.74. The van der Waals surface area contributed by atoms with Gasteiger partial charge in [0.25, 0.3) is 0 Å². The average molecular weight is 830 g/mol. The van der Waals surface area contributed by atoms with Gasteiger partial charge in [-0.05, 0) is 137 Å². The second-order valence-electron chi connectivity index (χ2n) is 18.0. The number of benzene rings is 11. The van der Waals surface area contributed by atoms with Gasteiger partial charge in [-0.3, -0.25) is 0 Å². The van der Waals surface area contributed by atoms with Crippen molar-refractivity contribution in [2.75, 3.05) is 4.90 Å². The van der Waals surface area contributed by atoms with E-state index in [0.29, 0.717) is 0 Å². The summed E-state index contributed by atoms with van der Waals surface area (Å²) in [6.07, 6.45) is 0. The molecule has 0 unspecified atom stereocenters. The van der Waals surface area contributed by atoms with Crippen LogP contribution in [0.1, 0.15) is 25.0 Å². The van der Waals surface area contributed by atoms with Crippen molar-refractivity contribution in [3.8, 4) is 44.5 Å². The van der Waals surface area contributed by atoms with E-state index in [9.17, 15) is 0 Å². The average Bonchev–Trinajstić information content (AvgIpc) is 3.86. The normalized spacial score (nSPS) is 12.9. The number of para-hydroxylation sites is 1. The summed E-state index contributed by atoms with van der Waals surface area (Å²) >= 11 is 0. The minimum Gasteiger partial charge on any atom is -0.456 e. The highest BCUT2D eigenvalue weighted by Gasteiger charge is 2.36. The Bertz CT molecular complexity index is 3830. The van der Waals surface area contributed by atoms with E-state index >= 15 is 0 Å². The van der Waals surface area contributed by atoms with Crippen molar-refractivity contribution in [3.63, 3.8) is 0 Å². The van der Waals surface area contributed by atoms with E-state index in [1.807, 2.05) is 6.07 Å². The Morgan fingerprint density at radius 3 is 1.62 bits per heavy atom. The molecule has 0 aliphatic heterocycles. The lowest BCUT2D eigenvalue weighted by molar-refractivity contribution is 0.660. The van der Waals surface area contributed by atoms with Gasteiger partial charge in [-0.25, -0.2) is 0 Å². The third-order valence-corrected chi connectivity index (χ3v) is 14.0. The lowest BCUT2D eigenvalue weighted by Gasteiger charge is -2.29. The summed E-state index contributed by atoms with van der Waals surface area (Å²) in [6.45, 7) is 4.72. The third-order valence-electron chi connectivity index (χ3n) is 14.0. The molecule has 12 aromatic rings. The maximum atomic E-state index is 6.42. The summed E-state index contributed by atoms with van der Waals surface area (Å²) in [5.41, 5.74) is 17.5. The lowest BCUT2D eigenvalue weighted by atomic mass is 9.82. The lowest BCUT2D eigenvalue weighted by Crippen LogP contribution is -2.16. The molecule has 0 saturated carbocycles. The van der Waals surface area contributed by atoms with Crippen molar-refractivity contribution in [3.05, 3.63) is 236 Å². The fourth-order valence-corrected chi connectivity index (χ4v) is 10.9. The fraction of sp³-hybridized carbons (Fsp3) is 0.0476. The maximum Gasteiger partial charge on any atom is 0.136 e. The second-order valence-corrected chi connectivity index (χ2v) is 18.0. The van der Waals surface area contributed by atoms with Gasteiger partial charge in [-0.2, -0.15) is 0 Å². The van der Waals surface area contributed by atoms with E-state index in [1.54, 1.807) is 0 Å². The van der Waals surface area contributed by atoms with Crippen LogP contribution in [0, 0.1) is 0 Å². The first kappa shape index (κ1) is 37.4. The molecular weight excluding hydrogens is 787 g/mol. The molecule has 2 nitrogen and oxygen atoms in total. The Kier molecular flexibility index (Phi) is 8.29. The monoisotopic (exact) mass is 829 g/mol. The molecule has 13 rings (SSSR count). The predicted molar refractivity (Wildman–Crippen MR) is 275 cm³/mol. The largest absolute Gasteiger partial charge is 0.456 e. The number of anilines is 3. The van der Waals surface area contributed by atoms with Crippen molar-refractivity contribution in [2.24, 2.45) is 0 Å². The number of hydrogen-bond donors (Lipinski definition) is 0. The minimum absolute atomic E-state index is 0.140. The van der Waals surface area contributed by atoms with Gasteiger partial charge in [0.05, 0.1) is 0 Å². The smallest absolute Gasteiger partial charge is 0.136 e. The first-order chi connectivity index (χ1) is 32.0. The van der Waals surface area contributed by atoms with Crippen LogP contribution in [0.3, 0.4) is 0 Å². The molecule has 0 N–H and O–H groups in total. The Hall–Kier alpha value is -8.20. The number of nitrogens with zero attached hydrogens (tertiary/aromatic N) is 1. The molecule has 0 spiro atoms. The zero-order valence-corrected chi connectivity index (χ0v) is 36.2. The van der Waals surface area contributed by atoms with Gasteiger partial charge in [0.1, 0.15) is 11.2 Å². The van der Waals surface area contributed by atoms with Crippen LogP contribution >= 0.6 is 0 Å². The Morgan fingerprint density at radius 2 is 0.831 bits per heavy atom. The van der Waals surface area contributed by atoms with Crippen LogP contribution in [0.25, 0.3) is 98.8 Å². The third kappa shape index (κ3) is 5.81. The Balaban J connectivity index is 1.00. The molecule has 65 heavy (non-hydrogen) atoms. The molecule has 2 heteroatoms. The molecule has 11 aromatic carbocycles. The molecule has 0 amide bonds. The van der Waals surface area contributed by atoms with Gasteiger partial charge in [-0.1, -0.05) is 184 Å². The van der Waals surface area contributed by atoms with Crippen LogP contribution in [0.5, 0.6) is 0 Å². The maximum absolute atomic E-state index is 6.42.